The van der Waals surface area contributed by atoms with Gasteiger partial charge in [0, 0.05) is 12.8 Å². The van der Waals surface area contributed by atoms with Gasteiger partial charge in [-0.3, -0.25) is 9.32 Å². The highest BCUT2D eigenvalue weighted by Gasteiger charge is 2.52. The van der Waals surface area contributed by atoms with E-state index in [1.165, 1.54) is 7.05 Å². The lowest BCUT2D eigenvalue weighted by atomic mass is 9.93. The molecular weight excluding hydrogens is 487 g/mol. The average molecular weight is 521 g/mol. The first-order valence-corrected chi connectivity index (χ1v) is 13.8. The van der Waals surface area contributed by atoms with Gasteiger partial charge >= 0.3 is 7.82 Å². The summed E-state index contributed by atoms with van der Waals surface area (Å²) in [7, 11) is -3.49. The molecule has 14 heteroatoms. The molecule has 0 saturated carbocycles. The van der Waals surface area contributed by atoms with E-state index in [1.807, 2.05) is 6.92 Å². The fraction of sp³-hybridized carbons (Fsp3) is 0.944. The number of hydroxylamine groups is 3. The molecule has 0 bridgehead atoms. The van der Waals surface area contributed by atoms with E-state index in [1.54, 1.807) is 13.2 Å². The summed E-state index contributed by atoms with van der Waals surface area (Å²) in [6.07, 6.45) is -1.91. The van der Waals surface area contributed by atoms with Crippen molar-refractivity contribution >= 4 is 37.1 Å². The Morgan fingerprint density at radius 2 is 2.00 bits per heavy atom. The van der Waals surface area contributed by atoms with Crippen molar-refractivity contribution in [1.29, 1.82) is 0 Å². The van der Waals surface area contributed by atoms with Gasteiger partial charge in [0.05, 0.1) is 24.5 Å². The zero-order valence-electron chi connectivity index (χ0n) is 18.5. The van der Waals surface area contributed by atoms with Crippen molar-refractivity contribution < 1.29 is 43.3 Å². The second-order valence-electron chi connectivity index (χ2n) is 8.55. The van der Waals surface area contributed by atoms with Crippen molar-refractivity contribution in [2.24, 2.45) is 0 Å². The zero-order valence-corrected chi connectivity index (χ0v) is 21.0. The summed E-state index contributed by atoms with van der Waals surface area (Å²) < 4.78 is 21.0. The number of phosphoric acid groups is 1. The van der Waals surface area contributed by atoms with Crippen LogP contribution in [0.1, 0.15) is 39.5 Å². The van der Waals surface area contributed by atoms with Crippen LogP contribution < -0.4 is 5.32 Å². The average Bonchev–Trinajstić information content (AvgIpc) is 2.97. The number of thioether (sulfide) groups is 1. The summed E-state index contributed by atoms with van der Waals surface area (Å²) >= 11 is 7.30. The molecule has 0 spiro atoms. The van der Waals surface area contributed by atoms with E-state index in [2.05, 4.69) is 9.84 Å². The topological polar surface area (TPSA) is 169 Å². The zero-order chi connectivity index (χ0) is 24.4. The minimum atomic E-state index is -4.97. The van der Waals surface area contributed by atoms with E-state index in [4.69, 9.17) is 26.1 Å². The van der Waals surface area contributed by atoms with Crippen molar-refractivity contribution in [1.82, 2.24) is 5.32 Å². The molecular formula is C18H34ClN2O9PS. The van der Waals surface area contributed by atoms with Crippen LogP contribution in [-0.4, -0.2) is 97.2 Å². The maximum absolute atomic E-state index is 13.1. The van der Waals surface area contributed by atoms with E-state index >= 15 is 0 Å². The van der Waals surface area contributed by atoms with Gasteiger partial charge in [0.15, 0.2) is 6.04 Å². The maximum atomic E-state index is 13.1. The van der Waals surface area contributed by atoms with Crippen LogP contribution in [0.25, 0.3) is 0 Å². The van der Waals surface area contributed by atoms with Gasteiger partial charge in [-0.05, 0) is 19.6 Å². The summed E-state index contributed by atoms with van der Waals surface area (Å²) in [5, 5.41) is 36.2. The molecule has 188 valence electrons. The predicted molar refractivity (Wildman–Crippen MR) is 120 cm³/mol. The molecule has 5 N–H and O–H groups in total. The molecule has 2 saturated heterocycles. The third kappa shape index (κ3) is 6.37. The van der Waals surface area contributed by atoms with Crippen molar-refractivity contribution in [3.63, 3.8) is 0 Å². The number of likely N-dealkylation sites (N-methyl/N-ethyl adjacent to an activating group) is 1. The Labute approximate surface area is 197 Å². The van der Waals surface area contributed by atoms with Crippen LogP contribution >= 0.6 is 31.2 Å². The maximum Gasteiger partial charge on any atom is 0.470 e. The summed E-state index contributed by atoms with van der Waals surface area (Å²) in [6, 6.07) is -1.99. The number of aliphatic hydroxyl groups is 2. The largest absolute Gasteiger partial charge is 0.632 e. The Morgan fingerprint density at radius 3 is 2.50 bits per heavy atom. The van der Waals surface area contributed by atoms with Crippen LogP contribution in [0.4, 0.5) is 0 Å². The minimum absolute atomic E-state index is 0.174. The number of alkyl halides is 1. The Balaban J connectivity index is 2.20. The number of aliphatic hydroxyl groups excluding tert-OH is 2. The predicted octanol–water partition coefficient (Wildman–Crippen LogP) is 0.662. The van der Waals surface area contributed by atoms with E-state index in [9.17, 15) is 24.8 Å². The number of amides is 1. The van der Waals surface area contributed by atoms with Crippen LogP contribution in [0.2, 0.25) is 0 Å². The van der Waals surface area contributed by atoms with Crippen molar-refractivity contribution in [3.8, 4) is 0 Å². The van der Waals surface area contributed by atoms with Gasteiger partial charge < -0.3 is 39.9 Å². The van der Waals surface area contributed by atoms with Gasteiger partial charge in [-0.2, -0.15) is 0 Å². The highest BCUT2D eigenvalue weighted by molar-refractivity contribution is 7.99. The third-order valence-corrected chi connectivity index (χ3v) is 7.91. The van der Waals surface area contributed by atoms with Crippen LogP contribution in [-0.2, 0) is 18.6 Å². The van der Waals surface area contributed by atoms with Crippen LogP contribution in [0.15, 0.2) is 0 Å². The van der Waals surface area contributed by atoms with E-state index in [-0.39, 0.29) is 6.04 Å². The summed E-state index contributed by atoms with van der Waals surface area (Å²) in [5.74, 6) is -0.516. The second kappa shape index (κ2) is 11.2. The van der Waals surface area contributed by atoms with Gasteiger partial charge in [-0.25, -0.2) is 4.57 Å². The molecule has 2 heterocycles. The lowest BCUT2D eigenvalue weighted by Gasteiger charge is -2.47. The monoisotopic (exact) mass is 520 g/mol. The number of nitrogens with one attached hydrogen (secondary N) is 1. The first kappa shape index (κ1) is 28.3. The standard InChI is InChI=1S/C18H34ClN2O9PS/c1-5-6-10-7-8-11(21(10,3)25)17(24)20-12(9(2)19)15-13(22)14(23)16(18(29-15)32-4)30-31(26,27)28/h9-16,18,22-23H,5-8H2,1-4H3,(H,20,24)(H2,26,27,28)/t9-,10+,11-,12+,13+,14-,15+,16+,18+,21?/m0/s1. The third-order valence-electron chi connectivity index (χ3n) is 6.27. The van der Waals surface area contributed by atoms with Crippen molar-refractivity contribution in [2.75, 3.05) is 13.3 Å². The number of rotatable bonds is 9. The molecule has 2 rings (SSSR count). The van der Waals surface area contributed by atoms with E-state index in [0.717, 1.165) is 18.2 Å². The van der Waals surface area contributed by atoms with E-state index < -0.39 is 65.7 Å². The smallest absolute Gasteiger partial charge is 0.470 e. The molecule has 32 heavy (non-hydrogen) atoms. The molecule has 2 aliphatic rings. The number of phosphoric ester groups is 1. The van der Waals surface area contributed by atoms with Gasteiger partial charge in [0.25, 0.3) is 5.91 Å². The highest BCUT2D eigenvalue weighted by atomic mass is 35.5. The number of carbonyl (C=O) groups excluding carboxylic acids is 1. The lowest BCUT2D eigenvalue weighted by molar-refractivity contribution is -0.888. The summed E-state index contributed by atoms with van der Waals surface area (Å²) in [4.78, 5) is 31.3. The summed E-state index contributed by atoms with van der Waals surface area (Å²) in [5.41, 5.74) is -1.05. The number of likely N-dealkylation sites (tertiary alicyclic amines) is 1. The van der Waals surface area contributed by atoms with E-state index in [0.29, 0.717) is 19.3 Å². The van der Waals surface area contributed by atoms with Crippen molar-refractivity contribution in [2.45, 2.75) is 92.9 Å². The molecule has 0 aromatic rings. The second-order valence-corrected chi connectivity index (χ2v) is 11.4. The fourth-order valence-corrected chi connectivity index (χ4v) is 6.12. The molecule has 2 fully saturated rings. The van der Waals surface area contributed by atoms with Gasteiger partial charge in [-0.15, -0.1) is 23.4 Å². The van der Waals surface area contributed by atoms with Crippen molar-refractivity contribution in [3.05, 3.63) is 5.21 Å². The molecule has 0 radical (unpaired) electrons. The number of halogens is 1. The fourth-order valence-electron chi connectivity index (χ4n) is 4.55. The molecule has 10 atom stereocenters. The Bertz CT molecular complexity index is 695. The number of ether oxygens (including phenoxy) is 1. The van der Waals surface area contributed by atoms with Gasteiger partial charge in [0.1, 0.15) is 29.9 Å². The molecule has 0 aliphatic carbocycles. The molecule has 1 amide bonds. The van der Waals surface area contributed by atoms with Gasteiger partial charge in [0.2, 0.25) is 0 Å². The molecule has 2 aliphatic heterocycles. The number of nitrogens with zero attached hydrogens (tertiary/aromatic N) is 1. The van der Waals surface area contributed by atoms with Gasteiger partial charge in [-0.1, -0.05) is 13.3 Å². The SMILES string of the molecule is CCC[C@@H]1CC[C@@H](C(=O)N[C@@H]([C@H]2O[C@H](SC)[C@H](OP(=O)(O)O)[C@@H](O)[C@H]2O)[C@H](C)Cl)[N+]1(C)[O-]. The number of hydrogen-bond donors (Lipinski definition) is 5. The first-order chi connectivity index (χ1) is 14.7. The highest BCUT2D eigenvalue weighted by Crippen LogP contribution is 2.43. The normalized spacial score (nSPS) is 40.1. The molecule has 11 nitrogen and oxygen atoms in total. The number of quaternary nitrogens is 1. The van der Waals surface area contributed by atoms with Crippen LogP contribution in [0, 0.1) is 5.21 Å². The molecule has 0 aromatic heterocycles. The Kier molecular flexibility index (Phi) is 9.87. The number of carbonyl (C=O) groups is 1. The quantitative estimate of drug-likeness (QED) is 0.126. The number of hydrogen-bond acceptors (Lipinski definition) is 8. The first-order valence-electron chi connectivity index (χ1n) is 10.5. The molecule has 0 aromatic carbocycles. The van der Waals surface area contributed by atoms with Crippen LogP contribution in [0.3, 0.4) is 0 Å². The lowest BCUT2D eigenvalue weighted by Crippen LogP contribution is -2.66. The van der Waals surface area contributed by atoms with Crippen LogP contribution in [0.5, 0.6) is 0 Å². The Morgan fingerprint density at radius 1 is 1.38 bits per heavy atom. The Hall–Kier alpha value is 0.0200. The minimum Gasteiger partial charge on any atom is -0.632 e. The summed E-state index contributed by atoms with van der Waals surface area (Å²) in [6.45, 7) is 3.55. The molecule has 1 unspecified atom stereocenters.